The van der Waals surface area contributed by atoms with Crippen LogP contribution >= 0.6 is 0 Å². The predicted octanol–water partition coefficient (Wildman–Crippen LogP) is 3.24. The smallest absolute Gasteiger partial charge is 0.311 e. The molecular formula is C23H26N2O5. The van der Waals surface area contributed by atoms with E-state index in [9.17, 15) is 14.4 Å². The third-order valence-corrected chi connectivity index (χ3v) is 4.77. The monoisotopic (exact) mass is 410 g/mol. The van der Waals surface area contributed by atoms with Gasteiger partial charge in [0.1, 0.15) is 5.75 Å². The Morgan fingerprint density at radius 2 is 1.83 bits per heavy atom. The van der Waals surface area contributed by atoms with E-state index in [1.54, 1.807) is 12.1 Å². The molecule has 0 saturated carbocycles. The highest BCUT2D eigenvalue weighted by Gasteiger charge is 2.37. The summed E-state index contributed by atoms with van der Waals surface area (Å²) in [5.41, 5.74) is 3.34. The summed E-state index contributed by atoms with van der Waals surface area (Å²) >= 11 is 0. The van der Waals surface area contributed by atoms with Crippen LogP contribution in [-0.4, -0.2) is 37.5 Å². The summed E-state index contributed by atoms with van der Waals surface area (Å²) in [6, 6.07) is 12.9. The topological polar surface area (TPSA) is 84.9 Å². The molecule has 2 amide bonds. The summed E-state index contributed by atoms with van der Waals surface area (Å²) in [5, 5.41) is 2.72. The fourth-order valence-corrected chi connectivity index (χ4v) is 3.55. The van der Waals surface area contributed by atoms with Crippen LogP contribution in [0, 0.1) is 19.8 Å². The number of ether oxygens (including phenoxy) is 2. The molecule has 1 saturated heterocycles. The molecule has 2 aromatic carbocycles. The quantitative estimate of drug-likeness (QED) is 0.709. The average Bonchev–Trinajstić information content (AvgIpc) is 3.07. The maximum atomic E-state index is 12.5. The van der Waals surface area contributed by atoms with Gasteiger partial charge in [0.2, 0.25) is 5.91 Å². The summed E-state index contributed by atoms with van der Waals surface area (Å²) in [5.74, 6) is -1.19. The molecule has 0 aromatic heterocycles. The molecule has 1 atom stereocenters. The first-order chi connectivity index (χ1) is 14.4. The van der Waals surface area contributed by atoms with Gasteiger partial charge in [-0.2, -0.15) is 0 Å². The molecule has 0 aliphatic carbocycles. The molecule has 0 radical (unpaired) electrons. The van der Waals surface area contributed by atoms with Crippen LogP contribution in [-0.2, 0) is 19.1 Å². The standard InChI is InChI=1S/C23H26N2O5/c1-4-29-20-8-6-5-7-19(20)25-13-17(12-22(25)27)23(28)30-14-21(26)24-18-10-15(2)9-16(3)11-18/h5-11,17H,4,12-14H2,1-3H3,(H,24,26)/t17-/m0/s1. The van der Waals surface area contributed by atoms with Crippen molar-refractivity contribution >= 4 is 29.2 Å². The van der Waals surface area contributed by atoms with Crippen LogP contribution < -0.4 is 15.0 Å². The molecule has 1 N–H and O–H groups in total. The van der Waals surface area contributed by atoms with Crippen LogP contribution in [0.1, 0.15) is 24.5 Å². The number of esters is 1. The Hall–Kier alpha value is -3.35. The number of nitrogens with one attached hydrogen (secondary N) is 1. The zero-order valence-corrected chi connectivity index (χ0v) is 17.4. The summed E-state index contributed by atoms with van der Waals surface area (Å²) < 4.78 is 10.8. The molecule has 30 heavy (non-hydrogen) atoms. The first-order valence-electron chi connectivity index (χ1n) is 9.94. The number of carbonyl (C=O) groups excluding carboxylic acids is 3. The van der Waals surface area contributed by atoms with Gasteiger partial charge in [0.15, 0.2) is 6.61 Å². The Kier molecular flexibility index (Phi) is 6.72. The molecule has 0 bridgehead atoms. The lowest BCUT2D eigenvalue weighted by Crippen LogP contribution is -2.28. The van der Waals surface area contributed by atoms with Gasteiger partial charge in [-0.3, -0.25) is 14.4 Å². The van der Waals surface area contributed by atoms with Crippen LogP contribution in [0.3, 0.4) is 0 Å². The molecule has 158 valence electrons. The van der Waals surface area contributed by atoms with Crippen molar-refractivity contribution in [2.75, 3.05) is 30.0 Å². The normalized spacial score (nSPS) is 15.8. The molecular weight excluding hydrogens is 384 g/mol. The van der Waals surface area contributed by atoms with Crippen molar-refractivity contribution in [1.29, 1.82) is 0 Å². The first-order valence-corrected chi connectivity index (χ1v) is 9.94. The zero-order valence-electron chi connectivity index (χ0n) is 17.4. The van der Waals surface area contributed by atoms with Crippen LogP contribution in [0.25, 0.3) is 0 Å². The van der Waals surface area contributed by atoms with E-state index in [1.165, 1.54) is 4.90 Å². The fraction of sp³-hybridized carbons (Fsp3) is 0.348. The molecule has 1 fully saturated rings. The van der Waals surface area contributed by atoms with E-state index in [1.807, 2.05) is 51.1 Å². The molecule has 7 nitrogen and oxygen atoms in total. The lowest BCUT2D eigenvalue weighted by Gasteiger charge is -2.19. The van der Waals surface area contributed by atoms with Crippen LogP contribution in [0.2, 0.25) is 0 Å². The SMILES string of the molecule is CCOc1ccccc1N1C[C@@H](C(=O)OCC(=O)Nc2cc(C)cc(C)c2)CC1=O. The van der Waals surface area contributed by atoms with E-state index in [0.29, 0.717) is 23.7 Å². The first kappa shape index (κ1) is 21.4. The van der Waals surface area contributed by atoms with Crippen LogP contribution in [0.15, 0.2) is 42.5 Å². The Balaban J connectivity index is 1.56. The second-order valence-corrected chi connectivity index (χ2v) is 7.34. The number of benzene rings is 2. The van der Waals surface area contributed by atoms with Gasteiger partial charge in [0, 0.05) is 18.7 Å². The van der Waals surface area contributed by atoms with E-state index in [2.05, 4.69) is 5.32 Å². The van der Waals surface area contributed by atoms with Gasteiger partial charge >= 0.3 is 5.97 Å². The number of hydrogen-bond donors (Lipinski definition) is 1. The van der Waals surface area contributed by atoms with Crippen molar-refractivity contribution in [2.45, 2.75) is 27.2 Å². The summed E-state index contributed by atoms with van der Waals surface area (Å²) in [6.45, 7) is 6.02. The van der Waals surface area contributed by atoms with E-state index in [-0.39, 0.29) is 18.9 Å². The highest BCUT2D eigenvalue weighted by Crippen LogP contribution is 2.33. The minimum atomic E-state index is -0.624. The second-order valence-electron chi connectivity index (χ2n) is 7.34. The van der Waals surface area contributed by atoms with Gasteiger partial charge in [0.05, 0.1) is 18.2 Å². The number of carbonyl (C=O) groups is 3. The van der Waals surface area contributed by atoms with Crippen molar-refractivity contribution in [1.82, 2.24) is 0 Å². The van der Waals surface area contributed by atoms with Crippen LogP contribution in [0.5, 0.6) is 5.75 Å². The van der Waals surface area contributed by atoms with Gasteiger partial charge in [0.25, 0.3) is 5.91 Å². The third-order valence-electron chi connectivity index (χ3n) is 4.77. The minimum absolute atomic E-state index is 0.0397. The fourth-order valence-electron chi connectivity index (χ4n) is 3.55. The van der Waals surface area contributed by atoms with Crippen molar-refractivity contribution < 1.29 is 23.9 Å². The molecule has 1 aliphatic heterocycles. The maximum absolute atomic E-state index is 12.5. The average molecular weight is 410 g/mol. The second kappa shape index (κ2) is 9.43. The molecule has 0 unspecified atom stereocenters. The molecule has 0 spiro atoms. The highest BCUT2D eigenvalue weighted by atomic mass is 16.5. The van der Waals surface area contributed by atoms with E-state index in [0.717, 1.165) is 11.1 Å². The number of anilines is 2. The molecule has 3 rings (SSSR count). The summed E-state index contributed by atoms with van der Waals surface area (Å²) in [6.07, 6.45) is 0.0397. The van der Waals surface area contributed by atoms with E-state index < -0.39 is 24.4 Å². The Morgan fingerprint density at radius 3 is 2.53 bits per heavy atom. The molecule has 7 heteroatoms. The van der Waals surface area contributed by atoms with Gasteiger partial charge in [-0.1, -0.05) is 18.2 Å². The van der Waals surface area contributed by atoms with Crippen molar-refractivity contribution in [3.05, 3.63) is 53.6 Å². The summed E-state index contributed by atoms with van der Waals surface area (Å²) in [7, 11) is 0. The largest absolute Gasteiger partial charge is 0.492 e. The van der Waals surface area contributed by atoms with Crippen molar-refractivity contribution in [2.24, 2.45) is 5.92 Å². The number of para-hydroxylation sites is 2. The van der Waals surface area contributed by atoms with Gasteiger partial charge in [-0.15, -0.1) is 0 Å². The number of amides is 2. The zero-order chi connectivity index (χ0) is 21.7. The lowest BCUT2D eigenvalue weighted by molar-refractivity contribution is -0.151. The minimum Gasteiger partial charge on any atom is -0.492 e. The number of rotatable bonds is 7. The lowest BCUT2D eigenvalue weighted by atomic mass is 10.1. The summed E-state index contributed by atoms with van der Waals surface area (Å²) in [4.78, 5) is 38.6. The number of hydrogen-bond acceptors (Lipinski definition) is 5. The van der Waals surface area contributed by atoms with Crippen molar-refractivity contribution in [3.8, 4) is 5.75 Å². The number of nitrogens with zero attached hydrogens (tertiary/aromatic N) is 1. The molecule has 2 aromatic rings. The Bertz CT molecular complexity index is 936. The Labute approximate surface area is 176 Å². The van der Waals surface area contributed by atoms with Gasteiger partial charge in [-0.05, 0) is 56.2 Å². The molecule has 1 heterocycles. The van der Waals surface area contributed by atoms with Gasteiger partial charge < -0.3 is 19.7 Å². The van der Waals surface area contributed by atoms with Crippen molar-refractivity contribution in [3.63, 3.8) is 0 Å². The predicted molar refractivity (Wildman–Crippen MR) is 114 cm³/mol. The van der Waals surface area contributed by atoms with Crippen LogP contribution in [0.4, 0.5) is 11.4 Å². The van der Waals surface area contributed by atoms with E-state index in [4.69, 9.17) is 9.47 Å². The van der Waals surface area contributed by atoms with E-state index >= 15 is 0 Å². The number of aryl methyl sites for hydroxylation is 2. The maximum Gasteiger partial charge on any atom is 0.311 e. The molecule has 1 aliphatic rings. The third kappa shape index (κ3) is 5.17. The Morgan fingerprint density at radius 1 is 1.13 bits per heavy atom. The van der Waals surface area contributed by atoms with Gasteiger partial charge in [-0.25, -0.2) is 0 Å². The highest BCUT2D eigenvalue weighted by molar-refractivity contribution is 6.01.